The molecule has 0 N–H and O–H groups in total. The quantitative estimate of drug-likeness (QED) is 0.302. The maximum atomic E-state index is 13.9. The topological polar surface area (TPSA) is 65.6 Å². The summed E-state index contributed by atoms with van der Waals surface area (Å²) in [6, 6.07) is 15.3. The van der Waals surface area contributed by atoms with Crippen LogP contribution in [0.25, 0.3) is 17.0 Å². The lowest BCUT2D eigenvalue weighted by Crippen LogP contribution is -2.39. The number of aromatic nitrogens is 2. The van der Waals surface area contributed by atoms with Gasteiger partial charge in [-0.1, -0.05) is 65.3 Å². The molecule has 2 aromatic carbocycles. The maximum Gasteiger partial charge on any atom is 0.338 e. The van der Waals surface area contributed by atoms with Gasteiger partial charge in [0.2, 0.25) is 0 Å². The highest BCUT2D eigenvalue weighted by Gasteiger charge is 2.33. The summed E-state index contributed by atoms with van der Waals surface area (Å²) in [7, 11) is 0. The minimum absolute atomic E-state index is 0.197. The molecule has 6 nitrogen and oxygen atoms in total. The predicted molar refractivity (Wildman–Crippen MR) is 147 cm³/mol. The number of aryl methyl sites for hydroxylation is 1. The minimum atomic E-state index is -0.623. The van der Waals surface area contributed by atoms with Gasteiger partial charge >= 0.3 is 5.97 Å². The first-order valence-corrected chi connectivity index (χ1v) is 12.9. The number of rotatable bonds is 5. The van der Waals surface area contributed by atoms with E-state index in [2.05, 4.69) is 15.5 Å². The number of terminal acetylenes is 1. The molecule has 4 aromatic rings. The van der Waals surface area contributed by atoms with E-state index < -0.39 is 12.0 Å². The van der Waals surface area contributed by atoms with Gasteiger partial charge < -0.3 is 9.30 Å². The van der Waals surface area contributed by atoms with Crippen LogP contribution in [0, 0.1) is 26.2 Å². The van der Waals surface area contributed by atoms with Crippen LogP contribution < -0.4 is 14.9 Å². The second kappa shape index (κ2) is 9.72. The molecule has 5 rings (SSSR count). The van der Waals surface area contributed by atoms with E-state index in [0.29, 0.717) is 27.1 Å². The Labute approximate surface area is 218 Å². The Hall–Kier alpha value is -4.15. The SMILES string of the molecule is C#CCn1c(C)c(/C=c2\sc3n(c2=O)[C@H](c2ccc(C)cc2)C(C(=O)OCC)=C(C)N=3)c2ccccc21. The molecule has 3 heterocycles. The molecule has 0 spiro atoms. The molecule has 1 atom stereocenters. The van der Waals surface area contributed by atoms with Crippen molar-refractivity contribution < 1.29 is 9.53 Å². The molecular formula is C30H27N3O3S. The van der Waals surface area contributed by atoms with Crippen LogP contribution in [0.3, 0.4) is 0 Å². The molecule has 1 aliphatic heterocycles. The summed E-state index contributed by atoms with van der Waals surface area (Å²) in [6.45, 7) is 8.25. The highest BCUT2D eigenvalue weighted by Crippen LogP contribution is 2.31. The number of carbonyl (C=O) groups is 1. The summed E-state index contributed by atoms with van der Waals surface area (Å²) >= 11 is 1.32. The fourth-order valence-corrected chi connectivity index (χ4v) is 5.95. The first-order chi connectivity index (χ1) is 17.8. The molecule has 1 aliphatic rings. The molecule has 37 heavy (non-hydrogen) atoms. The standard InChI is InChI=1S/C30H27N3O3S/c1-6-16-32-20(5)23(22-10-8-9-11-24(22)32)17-25-28(34)33-27(21-14-12-18(3)13-15-21)26(29(35)36-7-2)19(4)31-30(33)37-25/h1,8-15,17,27H,7,16H2,2-5H3/b25-17-/t27-/m1/s1. The van der Waals surface area contributed by atoms with Gasteiger partial charge in [-0.15, -0.1) is 6.42 Å². The fourth-order valence-electron chi connectivity index (χ4n) is 4.92. The van der Waals surface area contributed by atoms with E-state index in [0.717, 1.165) is 33.3 Å². The zero-order chi connectivity index (χ0) is 26.3. The largest absolute Gasteiger partial charge is 0.463 e. The molecular weight excluding hydrogens is 482 g/mol. The number of esters is 1. The average molecular weight is 510 g/mol. The van der Waals surface area contributed by atoms with Crippen molar-refractivity contribution in [1.29, 1.82) is 0 Å². The lowest BCUT2D eigenvalue weighted by atomic mass is 9.95. The minimum Gasteiger partial charge on any atom is -0.463 e. The summed E-state index contributed by atoms with van der Waals surface area (Å²) in [4.78, 5) is 32.2. The number of ether oxygens (including phenoxy) is 1. The number of allylic oxidation sites excluding steroid dienone is 1. The van der Waals surface area contributed by atoms with Crippen LogP contribution in [0.4, 0.5) is 0 Å². The molecule has 0 aliphatic carbocycles. The van der Waals surface area contributed by atoms with Crippen LogP contribution in [-0.2, 0) is 16.1 Å². The van der Waals surface area contributed by atoms with E-state index >= 15 is 0 Å². The number of benzene rings is 2. The van der Waals surface area contributed by atoms with Crippen molar-refractivity contribution in [1.82, 2.24) is 9.13 Å². The summed E-state index contributed by atoms with van der Waals surface area (Å²) in [5, 5.41) is 1.03. The van der Waals surface area contributed by atoms with Crippen LogP contribution in [0.1, 0.15) is 42.3 Å². The van der Waals surface area contributed by atoms with Crippen molar-refractivity contribution in [2.24, 2.45) is 4.99 Å². The number of hydrogen-bond donors (Lipinski definition) is 0. The van der Waals surface area contributed by atoms with Gasteiger partial charge in [0.05, 0.1) is 35.0 Å². The monoisotopic (exact) mass is 509 g/mol. The fraction of sp³-hybridized carbons (Fsp3) is 0.233. The van der Waals surface area contributed by atoms with Gasteiger partial charge in [0, 0.05) is 22.2 Å². The number of nitrogens with zero attached hydrogens (tertiary/aromatic N) is 3. The van der Waals surface area contributed by atoms with Gasteiger partial charge in [0.25, 0.3) is 5.56 Å². The zero-order valence-electron chi connectivity index (χ0n) is 21.2. The normalized spacial score (nSPS) is 15.4. The molecule has 7 heteroatoms. The van der Waals surface area contributed by atoms with Crippen molar-refractivity contribution in [2.45, 2.75) is 40.3 Å². The summed E-state index contributed by atoms with van der Waals surface area (Å²) in [6.07, 6.45) is 7.56. The predicted octanol–water partition coefficient (Wildman–Crippen LogP) is 4.00. The van der Waals surface area contributed by atoms with Gasteiger partial charge in [-0.25, -0.2) is 9.79 Å². The van der Waals surface area contributed by atoms with Crippen molar-refractivity contribution >= 4 is 34.3 Å². The maximum absolute atomic E-state index is 13.9. The molecule has 0 saturated heterocycles. The van der Waals surface area contributed by atoms with E-state index in [9.17, 15) is 9.59 Å². The highest BCUT2D eigenvalue weighted by molar-refractivity contribution is 7.07. The molecule has 0 saturated carbocycles. The highest BCUT2D eigenvalue weighted by atomic mass is 32.1. The average Bonchev–Trinajstić information content (AvgIpc) is 3.33. The third kappa shape index (κ3) is 4.13. The Morgan fingerprint density at radius 3 is 2.59 bits per heavy atom. The number of fused-ring (bicyclic) bond motifs is 2. The van der Waals surface area contributed by atoms with Crippen LogP contribution in [0.2, 0.25) is 0 Å². The molecule has 0 amide bonds. The molecule has 0 fully saturated rings. The van der Waals surface area contributed by atoms with E-state index in [1.54, 1.807) is 18.4 Å². The van der Waals surface area contributed by atoms with Crippen molar-refractivity contribution in [3.63, 3.8) is 0 Å². The first kappa shape index (κ1) is 24.5. The summed E-state index contributed by atoms with van der Waals surface area (Å²) in [5.74, 6) is 2.26. The molecule has 0 unspecified atom stereocenters. The number of hydrogen-bond acceptors (Lipinski definition) is 5. The lowest BCUT2D eigenvalue weighted by molar-refractivity contribution is -0.139. The van der Waals surface area contributed by atoms with Gasteiger partial charge in [-0.05, 0) is 45.4 Å². The van der Waals surface area contributed by atoms with Gasteiger partial charge in [0.1, 0.15) is 0 Å². The van der Waals surface area contributed by atoms with Crippen molar-refractivity contribution in [3.05, 3.63) is 102 Å². The molecule has 2 aromatic heterocycles. The number of carbonyl (C=O) groups excluding carboxylic acids is 1. The number of para-hydroxylation sites is 1. The Kier molecular flexibility index (Phi) is 6.45. The third-order valence-corrected chi connectivity index (χ3v) is 7.70. The van der Waals surface area contributed by atoms with E-state index in [1.165, 1.54) is 11.3 Å². The first-order valence-electron chi connectivity index (χ1n) is 12.1. The van der Waals surface area contributed by atoms with Crippen LogP contribution in [0.15, 0.2) is 69.6 Å². The van der Waals surface area contributed by atoms with Crippen LogP contribution >= 0.6 is 11.3 Å². The van der Waals surface area contributed by atoms with Gasteiger partial charge in [0.15, 0.2) is 4.80 Å². The van der Waals surface area contributed by atoms with E-state index in [1.807, 2.05) is 68.5 Å². The Morgan fingerprint density at radius 2 is 1.89 bits per heavy atom. The van der Waals surface area contributed by atoms with Crippen molar-refractivity contribution in [3.8, 4) is 12.3 Å². The summed E-state index contributed by atoms with van der Waals surface area (Å²) in [5.41, 5.74) is 5.62. The number of thiazole rings is 1. The Bertz CT molecular complexity index is 1790. The van der Waals surface area contributed by atoms with Crippen LogP contribution in [0.5, 0.6) is 0 Å². The van der Waals surface area contributed by atoms with Crippen LogP contribution in [-0.4, -0.2) is 21.7 Å². The Morgan fingerprint density at radius 1 is 1.16 bits per heavy atom. The zero-order valence-corrected chi connectivity index (χ0v) is 22.1. The van der Waals surface area contributed by atoms with Crippen molar-refractivity contribution in [2.75, 3.05) is 6.61 Å². The van der Waals surface area contributed by atoms with E-state index in [-0.39, 0.29) is 12.2 Å². The molecule has 0 bridgehead atoms. The smallest absolute Gasteiger partial charge is 0.338 e. The third-order valence-electron chi connectivity index (χ3n) is 6.71. The van der Waals surface area contributed by atoms with Gasteiger partial charge in [-0.2, -0.15) is 0 Å². The lowest BCUT2D eigenvalue weighted by Gasteiger charge is -2.24. The Balaban J connectivity index is 1.77. The van der Waals surface area contributed by atoms with Gasteiger partial charge in [-0.3, -0.25) is 9.36 Å². The molecule has 186 valence electrons. The second-order valence-electron chi connectivity index (χ2n) is 9.02. The van der Waals surface area contributed by atoms with E-state index in [4.69, 9.17) is 11.2 Å². The second-order valence-corrected chi connectivity index (χ2v) is 10.0. The molecule has 0 radical (unpaired) electrons. The summed E-state index contributed by atoms with van der Waals surface area (Å²) < 4.78 is 9.62.